The fourth-order valence-corrected chi connectivity index (χ4v) is 2.99. The van der Waals surface area contributed by atoms with Gasteiger partial charge in [-0.1, -0.05) is 12.1 Å². The molecule has 4 atom stereocenters. The number of carboxylic acids is 3. The molecule has 14 heteroatoms. The maximum Gasteiger partial charge on any atom is 0.326 e. The summed E-state index contributed by atoms with van der Waals surface area (Å²) in [6.45, 7) is 1.34. The first-order valence-corrected chi connectivity index (χ1v) is 10.9. The average molecular weight is 511 g/mol. The third-order valence-electron chi connectivity index (χ3n) is 4.96. The van der Waals surface area contributed by atoms with Crippen LogP contribution in [0.5, 0.6) is 5.75 Å². The molecule has 0 radical (unpaired) electrons. The van der Waals surface area contributed by atoms with Gasteiger partial charge in [-0.05, 0) is 37.5 Å². The molecule has 4 unspecified atom stereocenters. The fraction of sp³-hybridized carbons (Fsp3) is 0.455. The van der Waals surface area contributed by atoms with Crippen LogP contribution in [-0.4, -0.2) is 80.2 Å². The summed E-state index contributed by atoms with van der Waals surface area (Å²) in [7, 11) is 0. The van der Waals surface area contributed by atoms with Gasteiger partial charge in [0.25, 0.3) is 0 Å². The minimum Gasteiger partial charge on any atom is -0.508 e. The van der Waals surface area contributed by atoms with E-state index in [4.69, 9.17) is 15.9 Å². The largest absolute Gasteiger partial charge is 0.508 e. The molecule has 0 saturated heterocycles. The molecule has 198 valence electrons. The number of hydrogen-bond acceptors (Lipinski definition) is 8. The highest BCUT2D eigenvalue weighted by Crippen LogP contribution is 2.12. The third kappa shape index (κ3) is 10.8. The molecule has 0 bridgehead atoms. The summed E-state index contributed by atoms with van der Waals surface area (Å²) >= 11 is 0. The molecule has 14 nitrogen and oxygen atoms in total. The number of amides is 3. The molecule has 36 heavy (non-hydrogen) atoms. The highest BCUT2D eigenvalue weighted by molar-refractivity contribution is 5.94. The summed E-state index contributed by atoms with van der Waals surface area (Å²) in [6.07, 6.45) is -1.99. The quantitative estimate of drug-likeness (QED) is 0.136. The van der Waals surface area contributed by atoms with E-state index >= 15 is 0 Å². The van der Waals surface area contributed by atoms with Crippen LogP contribution >= 0.6 is 0 Å². The Bertz CT molecular complexity index is 964. The van der Waals surface area contributed by atoms with Crippen molar-refractivity contribution >= 4 is 35.6 Å². The van der Waals surface area contributed by atoms with Gasteiger partial charge in [0.2, 0.25) is 17.7 Å². The highest BCUT2D eigenvalue weighted by Gasteiger charge is 2.30. The molecular formula is C22H30N4O10. The molecule has 3 amide bonds. The first-order valence-electron chi connectivity index (χ1n) is 10.9. The lowest BCUT2D eigenvalue weighted by atomic mass is 10.0. The molecule has 0 fully saturated rings. The Morgan fingerprint density at radius 2 is 1.17 bits per heavy atom. The molecule has 0 aliphatic rings. The van der Waals surface area contributed by atoms with Crippen molar-refractivity contribution in [1.82, 2.24) is 16.0 Å². The first kappa shape index (κ1) is 29.8. The van der Waals surface area contributed by atoms with Gasteiger partial charge in [0.15, 0.2) is 0 Å². The summed E-state index contributed by atoms with van der Waals surface area (Å²) in [4.78, 5) is 71.3. The molecular weight excluding hydrogens is 480 g/mol. The number of aliphatic carboxylic acids is 3. The number of aromatic hydroxyl groups is 1. The second-order valence-corrected chi connectivity index (χ2v) is 8.05. The topological polar surface area (TPSA) is 245 Å². The van der Waals surface area contributed by atoms with Gasteiger partial charge in [0, 0.05) is 19.3 Å². The predicted octanol–water partition coefficient (Wildman–Crippen LogP) is -1.45. The summed E-state index contributed by atoms with van der Waals surface area (Å²) in [5.41, 5.74) is 5.94. The minimum atomic E-state index is -1.50. The number of phenolic OH excluding ortho intramolecular Hbond substituents is 1. The smallest absolute Gasteiger partial charge is 0.326 e. The van der Waals surface area contributed by atoms with Crippen LogP contribution in [-0.2, 0) is 35.2 Å². The van der Waals surface area contributed by atoms with Gasteiger partial charge in [-0.25, -0.2) is 4.79 Å². The van der Waals surface area contributed by atoms with Crippen LogP contribution in [0.1, 0.15) is 38.2 Å². The van der Waals surface area contributed by atoms with Crippen molar-refractivity contribution < 1.29 is 49.2 Å². The Morgan fingerprint density at radius 3 is 1.56 bits per heavy atom. The number of nitrogens with one attached hydrogen (secondary N) is 3. The maximum absolute atomic E-state index is 12.8. The molecule has 9 N–H and O–H groups in total. The second kappa shape index (κ2) is 14.3. The van der Waals surface area contributed by atoms with Gasteiger partial charge in [-0.2, -0.15) is 0 Å². The van der Waals surface area contributed by atoms with Gasteiger partial charge >= 0.3 is 17.9 Å². The van der Waals surface area contributed by atoms with Gasteiger partial charge < -0.3 is 42.1 Å². The number of carbonyl (C=O) groups excluding carboxylic acids is 3. The summed E-state index contributed by atoms with van der Waals surface area (Å²) in [5.74, 6) is -6.70. The van der Waals surface area contributed by atoms with Crippen LogP contribution in [0.2, 0.25) is 0 Å². The molecule has 0 aliphatic carbocycles. The van der Waals surface area contributed by atoms with Gasteiger partial charge in [-0.3, -0.25) is 24.0 Å². The Hall–Kier alpha value is -4.20. The zero-order valence-electron chi connectivity index (χ0n) is 19.5. The van der Waals surface area contributed by atoms with Crippen molar-refractivity contribution in [3.05, 3.63) is 29.8 Å². The number of benzene rings is 1. The standard InChI is InChI=1S/C22H30N4O10/c1-11(23)19(32)24-14(6-8-17(28)29)20(33)25-15(7-9-18(30)31)21(34)26-16(22(35)36)10-12-2-4-13(27)5-3-12/h2-5,11,14-16,27H,6-10,23H2,1H3,(H,24,32)(H,25,33)(H,26,34)(H,28,29)(H,30,31)(H,35,36). The van der Waals surface area contributed by atoms with Crippen LogP contribution in [0.4, 0.5) is 0 Å². The van der Waals surface area contributed by atoms with Crippen LogP contribution in [0, 0.1) is 0 Å². The second-order valence-electron chi connectivity index (χ2n) is 8.05. The number of rotatable bonds is 15. The number of phenols is 1. The third-order valence-corrected chi connectivity index (χ3v) is 4.96. The number of nitrogens with two attached hydrogens (primary N) is 1. The summed E-state index contributed by atoms with van der Waals surface area (Å²) < 4.78 is 0. The molecule has 0 spiro atoms. The Balaban J connectivity index is 3.05. The van der Waals surface area contributed by atoms with Crippen molar-refractivity contribution in [3.8, 4) is 5.75 Å². The van der Waals surface area contributed by atoms with Crippen molar-refractivity contribution in [1.29, 1.82) is 0 Å². The molecule has 0 aliphatic heterocycles. The lowest BCUT2D eigenvalue weighted by molar-refractivity contribution is -0.143. The van der Waals surface area contributed by atoms with Crippen LogP contribution in [0.3, 0.4) is 0 Å². The van der Waals surface area contributed by atoms with E-state index < -0.39 is 79.1 Å². The van der Waals surface area contributed by atoms with E-state index in [0.717, 1.165) is 0 Å². The molecule has 0 saturated carbocycles. The lowest BCUT2D eigenvalue weighted by Crippen LogP contribution is -2.57. The lowest BCUT2D eigenvalue weighted by Gasteiger charge is -2.24. The zero-order valence-corrected chi connectivity index (χ0v) is 19.5. The number of carboxylic acid groups (broad SMARTS) is 3. The zero-order chi connectivity index (χ0) is 27.4. The molecule has 1 aromatic carbocycles. The number of hydrogen-bond donors (Lipinski definition) is 8. The van der Waals surface area contributed by atoms with E-state index in [1.807, 2.05) is 0 Å². The van der Waals surface area contributed by atoms with Crippen LogP contribution in [0.25, 0.3) is 0 Å². The Morgan fingerprint density at radius 1 is 0.750 bits per heavy atom. The average Bonchev–Trinajstić information content (AvgIpc) is 2.79. The van der Waals surface area contributed by atoms with Crippen molar-refractivity contribution in [3.63, 3.8) is 0 Å². The van der Waals surface area contributed by atoms with E-state index in [-0.39, 0.29) is 18.6 Å². The number of carbonyl (C=O) groups is 6. The minimum absolute atomic E-state index is 0.0420. The summed E-state index contributed by atoms with van der Waals surface area (Å²) in [6, 6.07) is 0.199. The van der Waals surface area contributed by atoms with E-state index in [0.29, 0.717) is 5.56 Å². The SMILES string of the molecule is CC(N)C(=O)NC(CCC(=O)O)C(=O)NC(CCC(=O)O)C(=O)NC(Cc1ccc(O)cc1)C(=O)O. The van der Waals surface area contributed by atoms with Gasteiger partial charge in [0.1, 0.15) is 23.9 Å². The molecule has 1 aromatic rings. The maximum atomic E-state index is 12.8. The Kier molecular flexibility index (Phi) is 11.8. The fourth-order valence-electron chi connectivity index (χ4n) is 2.99. The monoisotopic (exact) mass is 510 g/mol. The van der Waals surface area contributed by atoms with Crippen molar-refractivity contribution in [2.75, 3.05) is 0 Å². The molecule has 0 heterocycles. The summed E-state index contributed by atoms with van der Waals surface area (Å²) in [5, 5.41) is 43.6. The van der Waals surface area contributed by atoms with E-state index in [9.17, 15) is 39.0 Å². The normalized spacial score (nSPS) is 13.9. The predicted molar refractivity (Wildman–Crippen MR) is 123 cm³/mol. The van der Waals surface area contributed by atoms with Crippen molar-refractivity contribution in [2.45, 2.75) is 63.2 Å². The van der Waals surface area contributed by atoms with Gasteiger partial charge in [-0.15, -0.1) is 0 Å². The van der Waals surface area contributed by atoms with E-state index in [1.165, 1.54) is 31.2 Å². The molecule has 1 rings (SSSR count). The van der Waals surface area contributed by atoms with Gasteiger partial charge in [0.05, 0.1) is 6.04 Å². The van der Waals surface area contributed by atoms with E-state index in [1.54, 1.807) is 0 Å². The first-order chi connectivity index (χ1) is 16.8. The van der Waals surface area contributed by atoms with Crippen molar-refractivity contribution in [2.24, 2.45) is 5.73 Å². The Labute approximate surface area is 205 Å². The van der Waals surface area contributed by atoms with E-state index in [2.05, 4.69) is 16.0 Å². The highest BCUT2D eigenvalue weighted by atomic mass is 16.4. The molecule has 0 aromatic heterocycles. The van der Waals surface area contributed by atoms with Crippen LogP contribution in [0.15, 0.2) is 24.3 Å². The van der Waals surface area contributed by atoms with Crippen LogP contribution < -0.4 is 21.7 Å².